The zero-order valence-corrected chi connectivity index (χ0v) is 15.2. The molecule has 0 bridgehead atoms. The molecule has 0 saturated heterocycles. The first-order chi connectivity index (χ1) is 12.3. The molecule has 0 radical (unpaired) electrons. The Morgan fingerprint density at radius 3 is 2.62 bits per heavy atom. The highest BCUT2D eigenvalue weighted by atomic mass is 32.2. The number of fused-ring (bicyclic) bond motifs is 1. The molecule has 1 heterocycles. The summed E-state index contributed by atoms with van der Waals surface area (Å²) in [5, 5.41) is 0. The van der Waals surface area contributed by atoms with E-state index in [4.69, 9.17) is 9.47 Å². The summed E-state index contributed by atoms with van der Waals surface area (Å²) >= 11 is 0. The fraction of sp³-hybridized carbons (Fsp3) is 0.333. The van der Waals surface area contributed by atoms with Gasteiger partial charge in [-0.25, -0.2) is 21.9 Å². The maximum atomic E-state index is 13.8. The average Bonchev–Trinajstić information content (AvgIpc) is 2.91. The lowest BCUT2D eigenvalue weighted by atomic mass is 10.1. The Kier molecular flexibility index (Phi) is 5.15. The van der Waals surface area contributed by atoms with Crippen LogP contribution in [0, 0.1) is 11.6 Å². The predicted molar refractivity (Wildman–Crippen MR) is 91.8 cm³/mol. The van der Waals surface area contributed by atoms with E-state index in [1.807, 2.05) is 19.9 Å². The van der Waals surface area contributed by atoms with Crippen LogP contribution in [0.25, 0.3) is 0 Å². The van der Waals surface area contributed by atoms with Gasteiger partial charge in [0.1, 0.15) is 29.2 Å². The third-order valence-electron chi connectivity index (χ3n) is 4.02. The maximum Gasteiger partial charge on any atom is 0.246 e. The number of ether oxygens (including phenoxy) is 2. The van der Waals surface area contributed by atoms with E-state index >= 15 is 0 Å². The molecule has 2 aromatic rings. The van der Waals surface area contributed by atoms with E-state index in [1.165, 1.54) is 0 Å². The van der Waals surface area contributed by atoms with Crippen LogP contribution in [-0.2, 0) is 23.0 Å². The lowest BCUT2D eigenvalue weighted by Crippen LogP contribution is -2.25. The number of rotatable bonds is 6. The minimum atomic E-state index is -4.37. The number of nitrogens with one attached hydrogen (secondary N) is 1. The molecule has 0 aliphatic carbocycles. The molecular formula is C18H19F2NO4S. The molecule has 0 saturated carbocycles. The lowest BCUT2D eigenvalue weighted by Gasteiger charge is -2.14. The van der Waals surface area contributed by atoms with E-state index in [0.717, 1.165) is 30.2 Å². The van der Waals surface area contributed by atoms with Crippen molar-refractivity contribution in [3.63, 3.8) is 0 Å². The topological polar surface area (TPSA) is 64.6 Å². The molecule has 140 valence electrons. The highest BCUT2D eigenvalue weighted by Crippen LogP contribution is 2.35. The SMILES string of the molecule is CCOc1cc2c(cc1CNS(=O)(=O)c1c(F)cccc1F)O[C@@H](C)C2. The van der Waals surface area contributed by atoms with Crippen LogP contribution < -0.4 is 14.2 Å². The van der Waals surface area contributed by atoms with Crippen molar-refractivity contribution in [2.75, 3.05) is 6.61 Å². The van der Waals surface area contributed by atoms with Crippen LogP contribution in [0.5, 0.6) is 11.5 Å². The Hall–Kier alpha value is -2.19. The summed E-state index contributed by atoms with van der Waals surface area (Å²) in [4.78, 5) is -0.996. The molecule has 8 heteroatoms. The second-order valence-corrected chi connectivity index (χ2v) is 7.71. The molecule has 0 spiro atoms. The molecule has 3 rings (SSSR count). The number of hydrogen-bond acceptors (Lipinski definition) is 4. The summed E-state index contributed by atoms with van der Waals surface area (Å²) in [6.45, 7) is 3.96. The number of benzene rings is 2. The van der Waals surface area contributed by atoms with Gasteiger partial charge in [-0.15, -0.1) is 0 Å². The van der Waals surface area contributed by atoms with Gasteiger partial charge in [0.2, 0.25) is 10.0 Å². The molecule has 26 heavy (non-hydrogen) atoms. The van der Waals surface area contributed by atoms with Crippen molar-refractivity contribution in [1.82, 2.24) is 4.72 Å². The zero-order valence-electron chi connectivity index (χ0n) is 14.4. The van der Waals surface area contributed by atoms with Gasteiger partial charge in [0.25, 0.3) is 0 Å². The van der Waals surface area contributed by atoms with E-state index in [-0.39, 0.29) is 12.6 Å². The molecule has 1 aliphatic rings. The Morgan fingerprint density at radius 2 is 1.96 bits per heavy atom. The number of halogens is 2. The first-order valence-electron chi connectivity index (χ1n) is 8.20. The van der Waals surface area contributed by atoms with Crippen molar-refractivity contribution >= 4 is 10.0 Å². The van der Waals surface area contributed by atoms with E-state index in [0.29, 0.717) is 23.7 Å². The normalized spacial score (nSPS) is 16.2. The van der Waals surface area contributed by atoms with E-state index < -0.39 is 26.6 Å². The predicted octanol–water partition coefficient (Wildman–Crippen LogP) is 3.17. The summed E-state index contributed by atoms with van der Waals surface area (Å²) in [5.74, 6) is -1.12. The summed E-state index contributed by atoms with van der Waals surface area (Å²) in [6.07, 6.45) is 0.765. The van der Waals surface area contributed by atoms with Gasteiger partial charge in [-0.3, -0.25) is 0 Å². The van der Waals surface area contributed by atoms with Gasteiger partial charge < -0.3 is 9.47 Å². The fourth-order valence-corrected chi connectivity index (χ4v) is 4.03. The van der Waals surface area contributed by atoms with Crippen LogP contribution in [0.15, 0.2) is 35.2 Å². The Labute approximate surface area is 151 Å². The van der Waals surface area contributed by atoms with Crippen LogP contribution in [-0.4, -0.2) is 21.1 Å². The Balaban J connectivity index is 1.88. The number of sulfonamides is 1. The van der Waals surface area contributed by atoms with Gasteiger partial charge in [0.05, 0.1) is 6.61 Å². The molecule has 2 aromatic carbocycles. The first kappa shape index (κ1) is 18.6. The third-order valence-corrected chi connectivity index (χ3v) is 5.47. The smallest absolute Gasteiger partial charge is 0.246 e. The molecule has 0 amide bonds. The van der Waals surface area contributed by atoms with Crippen molar-refractivity contribution in [3.05, 3.63) is 53.1 Å². The van der Waals surface area contributed by atoms with E-state index in [2.05, 4.69) is 4.72 Å². The van der Waals surface area contributed by atoms with Crippen molar-refractivity contribution in [2.24, 2.45) is 0 Å². The van der Waals surface area contributed by atoms with Crippen LogP contribution >= 0.6 is 0 Å². The quantitative estimate of drug-likeness (QED) is 0.832. The number of hydrogen-bond donors (Lipinski definition) is 1. The standard InChI is InChI=1S/C18H19F2NO4S/c1-3-24-16-8-12-7-11(2)25-17(12)9-13(16)10-21-26(22,23)18-14(19)5-4-6-15(18)20/h4-6,8-9,11,21H,3,7,10H2,1-2H3/t11-/m0/s1. The van der Waals surface area contributed by atoms with Gasteiger partial charge >= 0.3 is 0 Å². The minimum absolute atomic E-state index is 0.0268. The highest BCUT2D eigenvalue weighted by molar-refractivity contribution is 7.89. The molecule has 1 aliphatic heterocycles. The summed E-state index contributed by atoms with van der Waals surface area (Å²) in [7, 11) is -4.37. The molecular weight excluding hydrogens is 364 g/mol. The second-order valence-electron chi connectivity index (χ2n) is 6.01. The van der Waals surface area contributed by atoms with Crippen molar-refractivity contribution in [1.29, 1.82) is 0 Å². The largest absolute Gasteiger partial charge is 0.494 e. The van der Waals surface area contributed by atoms with Crippen LogP contribution in [0.4, 0.5) is 8.78 Å². The molecule has 0 aromatic heterocycles. The Morgan fingerprint density at radius 1 is 1.27 bits per heavy atom. The van der Waals surface area contributed by atoms with Gasteiger partial charge in [0, 0.05) is 24.1 Å². The Bertz CT molecular complexity index is 911. The van der Waals surface area contributed by atoms with Gasteiger partial charge in [-0.1, -0.05) is 6.07 Å². The second kappa shape index (κ2) is 7.20. The lowest BCUT2D eigenvalue weighted by molar-refractivity contribution is 0.254. The highest BCUT2D eigenvalue weighted by Gasteiger charge is 2.26. The molecule has 1 N–H and O–H groups in total. The molecule has 0 fully saturated rings. The van der Waals surface area contributed by atoms with Crippen molar-refractivity contribution in [2.45, 2.75) is 37.8 Å². The summed E-state index contributed by atoms with van der Waals surface area (Å²) in [5.41, 5.74) is 1.51. The van der Waals surface area contributed by atoms with Crippen LogP contribution in [0.2, 0.25) is 0 Å². The molecule has 1 atom stereocenters. The zero-order chi connectivity index (χ0) is 18.9. The van der Waals surface area contributed by atoms with Gasteiger partial charge in [-0.2, -0.15) is 0 Å². The molecule has 0 unspecified atom stereocenters. The third kappa shape index (κ3) is 3.66. The van der Waals surface area contributed by atoms with Crippen LogP contribution in [0.3, 0.4) is 0 Å². The first-order valence-corrected chi connectivity index (χ1v) is 9.69. The summed E-state index contributed by atoms with van der Waals surface area (Å²) in [6, 6.07) is 6.41. The van der Waals surface area contributed by atoms with Crippen molar-refractivity contribution < 1.29 is 26.7 Å². The van der Waals surface area contributed by atoms with E-state index in [1.54, 1.807) is 6.07 Å². The van der Waals surface area contributed by atoms with Crippen molar-refractivity contribution in [3.8, 4) is 11.5 Å². The van der Waals surface area contributed by atoms with Crippen LogP contribution in [0.1, 0.15) is 25.0 Å². The maximum absolute atomic E-state index is 13.8. The van der Waals surface area contributed by atoms with Gasteiger partial charge in [-0.05, 0) is 38.1 Å². The average molecular weight is 383 g/mol. The summed E-state index contributed by atoms with van der Waals surface area (Å²) < 4.78 is 65.8. The minimum Gasteiger partial charge on any atom is -0.494 e. The molecule has 5 nitrogen and oxygen atoms in total. The fourth-order valence-electron chi connectivity index (χ4n) is 2.89. The van der Waals surface area contributed by atoms with E-state index in [9.17, 15) is 17.2 Å². The van der Waals surface area contributed by atoms with Gasteiger partial charge in [0.15, 0.2) is 4.90 Å². The monoisotopic (exact) mass is 383 g/mol.